The zero-order valence-corrected chi connectivity index (χ0v) is 15.1. The van der Waals surface area contributed by atoms with Gasteiger partial charge in [-0.1, -0.05) is 23.7 Å². The number of para-hydroxylation sites is 2. The number of nitrogens with zero attached hydrogens (tertiary/aromatic N) is 2. The summed E-state index contributed by atoms with van der Waals surface area (Å²) in [4.78, 5) is 10.4. The molecular formula is C20H20ClN3O2. The van der Waals surface area contributed by atoms with E-state index in [1.807, 2.05) is 30.3 Å². The van der Waals surface area contributed by atoms with Gasteiger partial charge in [-0.2, -0.15) is 0 Å². The van der Waals surface area contributed by atoms with Crippen LogP contribution < -0.4 is 4.90 Å². The number of anilines is 1. The molecule has 2 fully saturated rings. The Morgan fingerprint density at radius 3 is 2.58 bits per heavy atom. The average Bonchev–Trinajstić information content (AvgIpc) is 3.30. The fourth-order valence-corrected chi connectivity index (χ4v) is 4.07. The number of aromatic amines is 1. The van der Waals surface area contributed by atoms with Crippen molar-refractivity contribution in [2.75, 3.05) is 31.2 Å². The van der Waals surface area contributed by atoms with E-state index in [0.29, 0.717) is 18.2 Å². The highest BCUT2D eigenvalue weighted by Crippen LogP contribution is 2.36. The zero-order valence-electron chi connectivity index (χ0n) is 14.4. The van der Waals surface area contributed by atoms with Gasteiger partial charge in [0.15, 0.2) is 5.79 Å². The molecule has 1 aromatic heterocycles. The predicted molar refractivity (Wildman–Crippen MR) is 103 cm³/mol. The maximum absolute atomic E-state index is 6.48. The van der Waals surface area contributed by atoms with Crippen molar-refractivity contribution in [3.8, 4) is 11.4 Å². The summed E-state index contributed by atoms with van der Waals surface area (Å²) < 4.78 is 11.7. The molecule has 3 heterocycles. The van der Waals surface area contributed by atoms with Crippen LogP contribution in [0.5, 0.6) is 0 Å². The van der Waals surface area contributed by atoms with Gasteiger partial charge < -0.3 is 19.4 Å². The first kappa shape index (κ1) is 16.1. The fourth-order valence-electron chi connectivity index (χ4n) is 3.86. The van der Waals surface area contributed by atoms with E-state index in [1.54, 1.807) is 0 Å². The molecule has 1 N–H and O–H groups in total. The third-order valence-corrected chi connectivity index (χ3v) is 5.63. The molecule has 0 bridgehead atoms. The number of piperidine rings is 1. The first-order valence-corrected chi connectivity index (χ1v) is 9.38. The smallest absolute Gasteiger partial charge is 0.171 e. The third-order valence-electron chi connectivity index (χ3n) is 5.30. The molecule has 134 valence electrons. The van der Waals surface area contributed by atoms with Crippen LogP contribution in [-0.4, -0.2) is 42.1 Å². The molecule has 26 heavy (non-hydrogen) atoms. The van der Waals surface area contributed by atoms with E-state index < -0.39 is 0 Å². The van der Waals surface area contributed by atoms with Gasteiger partial charge in [-0.25, -0.2) is 4.98 Å². The molecule has 2 aliphatic heterocycles. The van der Waals surface area contributed by atoms with E-state index >= 15 is 0 Å². The summed E-state index contributed by atoms with van der Waals surface area (Å²) >= 11 is 6.48. The molecule has 0 unspecified atom stereocenters. The zero-order chi connectivity index (χ0) is 17.6. The van der Waals surface area contributed by atoms with Gasteiger partial charge in [-0.05, 0) is 30.3 Å². The van der Waals surface area contributed by atoms with Gasteiger partial charge >= 0.3 is 0 Å². The second-order valence-electron chi connectivity index (χ2n) is 6.86. The Morgan fingerprint density at radius 1 is 1.04 bits per heavy atom. The number of fused-ring (bicyclic) bond motifs is 1. The number of benzene rings is 2. The van der Waals surface area contributed by atoms with Crippen molar-refractivity contribution in [2.24, 2.45) is 0 Å². The Bertz CT molecular complexity index is 906. The summed E-state index contributed by atoms with van der Waals surface area (Å²) in [5.41, 5.74) is 4.03. The van der Waals surface area contributed by atoms with Crippen molar-refractivity contribution >= 4 is 28.3 Å². The molecular weight excluding hydrogens is 350 g/mol. The quantitative estimate of drug-likeness (QED) is 0.734. The highest BCUT2D eigenvalue weighted by atomic mass is 35.5. The number of H-pyrrole nitrogens is 1. The van der Waals surface area contributed by atoms with Gasteiger partial charge in [0.1, 0.15) is 5.82 Å². The summed E-state index contributed by atoms with van der Waals surface area (Å²) in [6.45, 7) is 3.22. The number of halogens is 1. The lowest BCUT2D eigenvalue weighted by atomic mass is 10.0. The van der Waals surface area contributed by atoms with Gasteiger partial charge in [0.2, 0.25) is 0 Å². The molecule has 5 nitrogen and oxygen atoms in total. The number of nitrogens with one attached hydrogen (secondary N) is 1. The monoisotopic (exact) mass is 369 g/mol. The minimum absolute atomic E-state index is 0.357. The second kappa shape index (κ2) is 6.27. The lowest BCUT2D eigenvalue weighted by Crippen LogP contribution is -2.45. The topological polar surface area (TPSA) is 50.4 Å². The van der Waals surface area contributed by atoms with Crippen LogP contribution in [-0.2, 0) is 9.47 Å². The molecule has 0 radical (unpaired) electrons. The van der Waals surface area contributed by atoms with Crippen molar-refractivity contribution in [1.82, 2.24) is 9.97 Å². The predicted octanol–water partition coefficient (Wildman–Crippen LogP) is 4.23. The molecule has 5 rings (SSSR count). The molecule has 2 saturated heterocycles. The molecule has 6 heteroatoms. The van der Waals surface area contributed by atoms with Crippen molar-refractivity contribution in [2.45, 2.75) is 18.6 Å². The van der Waals surface area contributed by atoms with Gasteiger partial charge in [0, 0.05) is 37.2 Å². The minimum atomic E-state index is -0.357. The van der Waals surface area contributed by atoms with Crippen LogP contribution in [0.25, 0.3) is 22.4 Å². The standard InChI is InChI=1S/C20H20ClN3O2/c21-16-6-5-14(24-9-7-20(8-10-24)25-11-12-26-20)13-15(16)19-22-17-3-1-2-4-18(17)23-19/h1-6,13H,7-12H2,(H,22,23). The van der Waals surface area contributed by atoms with E-state index in [2.05, 4.69) is 27.0 Å². The third kappa shape index (κ3) is 2.76. The van der Waals surface area contributed by atoms with Crippen LogP contribution in [0.3, 0.4) is 0 Å². The summed E-state index contributed by atoms with van der Waals surface area (Å²) in [6.07, 6.45) is 1.77. The number of rotatable bonds is 2. The Morgan fingerprint density at radius 2 is 1.81 bits per heavy atom. The maximum Gasteiger partial charge on any atom is 0.171 e. The van der Waals surface area contributed by atoms with Crippen molar-refractivity contribution < 1.29 is 9.47 Å². The fraction of sp³-hybridized carbons (Fsp3) is 0.350. The van der Waals surface area contributed by atoms with Gasteiger partial charge in [0.05, 0.1) is 29.3 Å². The number of hydrogen-bond acceptors (Lipinski definition) is 4. The molecule has 2 aliphatic rings. The van der Waals surface area contributed by atoms with Crippen LogP contribution in [0.2, 0.25) is 5.02 Å². The Hall–Kier alpha value is -2.08. The molecule has 0 amide bonds. The summed E-state index contributed by atoms with van der Waals surface area (Å²) in [5.74, 6) is 0.443. The largest absolute Gasteiger partial charge is 0.371 e. The van der Waals surface area contributed by atoms with E-state index in [0.717, 1.165) is 54.0 Å². The highest BCUT2D eigenvalue weighted by molar-refractivity contribution is 6.33. The van der Waals surface area contributed by atoms with Gasteiger partial charge in [-0.15, -0.1) is 0 Å². The molecule has 0 saturated carbocycles. The number of hydrogen-bond donors (Lipinski definition) is 1. The average molecular weight is 370 g/mol. The molecule has 1 spiro atoms. The van der Waals surface area contributed by atoms with E-state index in [1.165, 1.54) is 0 Å². The number of aromatic nitrogens is 2. The van der Waals surface area contributed by atoms with Crippen LogP contribution >= 0.6 is 11.6 Å². The van der Waals surface area contributed by atoms with Gasteiger partial charge in [0.25, 0.3) is 0 Å². The van der Waals surface area contributed by atoms with Crippen molar-refractivity contribution in [1.29, 1.82) is 0 Å². The first-order valence-electron chi connectivity index (χ1n) is 9.00. The van der Waals surface area contributed by atoms with Crippen LogP contribution in [0.1, 0.15) is 12.8 Å². The minimum Gasteiger partial charge on any atom is -0.371 e. The van der Waals surface area contributed by atoms with Gasteiger partial charge in [-0.3, -0.25) is 0 Å². The summed E-state index contributed by atoms with van der Waals surface area (Å²) in [5, 5.41) is 0.698. The lowest BCUT2D eigenvalue weighted by molar-refractivity contribution is -0.169. The number of imidazole rings is 1. The van der Waals surface area contributed by atoms with E-state index in [4.69, 9.17) is 21.1 Å². The van der Waals surface area contributed by atoms with Crippen molar-refractivity contribution in [3.63, 3.8) is 0 Å². The highest BCUT2D eigenvalue weighted by Gasteiger charge is 2.39. The molecule has 0 aliphatic carbocycles. The second-order valence-corrected chi connectivity index (χ2v) is 7.27. The lowest BCUT2D eigenvalue weighted by Gasteiger charge is -2.38. The van der Waals surface area contributed by atoms with Crippen LogP contribution in [0.15, 0.2) is 42.5 Å². The van der Waals surface area contributed by atoms with E-state index in [9.17, 15) is 0 Å². The Balaban J connectivity index is 1.43. The normalized spacial score (nSPS) is 19.5. The molecule has 0 atom stereocenters. The summed E-state index contributed by atoms with van der Waals surface area (Å²) in [6, 6.07) is 14.2. The Kier molecular flexibility index (Phi) is 3.89. The maximum atomic E-state index is 6.48. The molecule has 3 aromatic rings. The van der Waals surface area contributed by atoms with Crippen LogP contribution in [0.4, 0.5) is 5.69 Å². The summed E-state index contributed by atoms with van der Waals surface area (Å²) in [7, 11) is 0. The number of ether oxygens (including phenoxy) is 2. The van der Waals surface area contributed by atoms with Crippen LogP contribution in [0, 0.1) is 0 Å². The molecule has 2 aromatic carbocycles. The van der Waals surface area contributed by atoms with E-state index in [-0.39, 0.29) is 5.79 Å². The first-order chi connectivity index (χ1) is 12.7. The van der Waals surface area contributed by atoms with Crippen molar-refractivity contribution in [3.05, 3.63) is 47.5 Å². The Labute approximate surface area is 156 Å². The SMILES string of the molecule is Clc1ccc(N2CCC3(CC2)OCCO3)cc1-c1nc2ccccc2[nH]1.